The number of fused-ring (bicyclic) bond motifs is 1. The number of methoxy groups -OCH3 is 1. The molecular formula is C23H16BrClFN3O4. The van der Waals surface area contributed by atoms with Crippen LogP contribution in [0.1, 0.15) is 11.1 Å². The van der Waals surface area contributed by atoms with Crippen LogP contribution in [0.4, 0.5) is 4.39 Å². The van der Waals surface area contributed by atoms with E-state index in [0.29, 0.717) is 26.7 Å². The number of rotatable bonds is 6. The molecule has 33 heavy (non-hydrogen) atoms. The Morgan fingerprint density at radius 2 is 1.91 bits per heavy atom. The second-order valence-corrected chi connectivity index (χ2v) is 8.05. The summed E-state index contributed by atoms with van der Waals surface area (Å²) in [6, 6.07) is 14.1. The first kappa shape index (κ1) is 22.8. The van der Waals surface area contributed by atoms with Gasteiger partial charge in [0.25, 0.3) is 5.56 Å². The molecule has 0 aliphatic rings. The molecule has 0 radical (unpaired) electrons. The van der Waals surface area contributed by atoms with Gasteiger partial charge in [0.05, 0.1) is 24.2 Å². The Balaban J connectivity index is 1.68. The van der Waals surface area contributed by atoms with Gasteiger partial charge < -0.3 is 14.5 Å². The molecule has 0 bridgehead atoms. The predicted molar refractivity (Wildman–Crippen MR) is 128 cm³/mol. The van der Waals surface area contributed by atoms with E-state index >= 15 is 0 Å². The summed E-state index contributed by atoms with van der Waals surface area (Å²) >= 11 is 9.89. The number of aromatic nitrogens is 2. The van der Waals surface area contributed by atoms with E-state index in [1.165, 1.54) is 25.5 Å². The lowest BCUT2D eigenvalue weighted by molar-refractivity contribution is 0.284. The number of hydrogen-bond acceptors (Lipinski definition) is 5. The quantitative estimate of drug-likeness (QED) is 0.364. The van der Waals surface area contributed by atoms with Crippen LogP contribution in [0.5, 0.6) is 11.5 Å². The first-order valence-electron chi connectivity index (χ1n) is 9.60. The van der Waals surface area contributed by atoms with Gasteiger partial charge in [-0.25, -0.2) is 9.18 Å². The molecule has 0 unspecified atom stereocenters. The van der Waals surface area contributed by atoms with E-state index in [1.807, 2.05) is 0 Å². The van der Waals surface area contributed by atoms with Crippen molar-refractivity contribution in [2.24, 2.45) is 5.10 Å². The van der Waals surface area contributed by atoms with E-state index in [2.05, 4.69) is 26.0 Å². The van der Waals surface area contributed by atoms with Crippen molar-refractivity contribution in [2.45, 2.75) is 6.61 Å². The van der Waals surface area contributed by atoms with Crippen molar-refractivity contribution in [2.75, 3.05) is 7.11 Å². The normalized spacial score (nSPS) is 11.3. The van der Waals surface area contributed by atoms with Gasteiger partial charge in [-0.1, -0.05) is 35.9 Å². The Labute approximate surface area is 200 Å². The minimum atomic E-state index is -0.677. The molecule has 1 N–H and O–H groups in total. The molecule has 1 aromatic heterocycles. The number of para-hydroxylation sites is 1. The Morgan fingerprint density at radius 1 is 1.18 bits per heavy atom. The summed E-state index contributed by atoms with van der Waals surface area (Å²) in [7, 11) is 1.45. The molecule has 1 heterocycles. The highest BCUT2D eigenvalue weighted by Gasteiger charge is 2.17. The standard InChI is InChI=1S/C23H16BrClFN3O4/c1-32-18-10-14(11-27-29-22(30)16-4-2-3-5-17(16)28-23(29)31)19(24)20(25)21(18)33-12-13-6-8-15(26)9-7-13/h2-11H,12H2,1H3,(H,28,31). The SMILES string of the molecule is COc1cc(C=Nn2c(=O)[nH]c3ccccc3c2=O)c(Br)c(Cl)c1OCc1ccc(F)cc1. The van der Waals surface area contributed by atoms with Crippen molar-refractivity contribution in [3.8, 4) is 11.5 Å². The number of aromatic amines is 1. The lowest BCUT2D eigenvalue weighted by Gasteiger charge is -2.15. The van der Waals surface area contributed by atoms with Crippen molar-refractivity contribution in [1.82, 2.24) is 9.66 Å². The molecule has 7 nitrogen and oxygen atoms in total. The van der Waals surface area contributed by atoms with Gasteiger partial charge in [0, 0.05) is 10.0 Å². The Hall–Kier alpha value is -3.43. The van der Waals surface area contributed by atoms with Crippen LogP contribution < -0.4 is 20.7 Å². The molecule has 0 saturated heterocycles. The van der Waals surface area contributed by atoms with Crippen molar-refractivity contribution >= 4 is 44.6 Å². The third kappa shape index (κ3) is 4.69. The summed E-state index contributed by atoms with van der Waals surface area (Å²) in [5, 5.41) is 4.58. The Morgan fingerprint density at radius 3 is 2.64 bits per heavy atom. The number of H-pyrrole nitrogens is 1. The Kier molecular flexibility index (Phi) is 6.62. The average molecular weight is 533 g/mol. The fourth-order valence-electron chi connectivity index (χ4n) is 3.10. The van der Waals surface area contributed by atoms with Crippen LogP contribution in [-0.4, -0.2) is 23.0 Å². The summed E-state index contributed by atoms with van der Waals surface area (Å²) in [5.41, 5.74) is 0.381. The van der Waals surface area contributed by atoms with E-state index in [4.69, 9.17) is 21.1 Å². The largest absolute Gasteiger partial charge is 0.493 e. The molecule has 10 heteroatoms. The molecule has 3 aromatic carbocycles. The second-order valence-electron chi connectivity index (χ2n) is 6.88. The number of nitrogens with one attached hydrogen (secondary N) is 1. The zero-order valence-electron chi connectivity index (χ0n) is 17.1. The molecule has 0 aliphatic heterocycles. The van der Waals surface area contributed by atoms with E-state index in [0.717, 1.165) is 10.2 Å². The van der Waals surface area contributed by atoms with Gasteiger partial charge in [-0.15, -0.1) is 4.68 Å². The zero-order chi connectivity index (χ0) is 23.5. The highest BCUT2D eigenvalue weighted by molar-refractivity contribution is 9.10. The van der Waals surface area contributed by atoms with Crippen molar-refractivity contribution < 1.29 is 13.9 Å². The third-order valence-corrected chi connectivity index (χ3v) is 6.21. The highest BCUT2D eigenvalue weighted by Crippen LogP contribution is 2.42. The maximum absolute atomic E-state index is 13.1. The zero-order valence-corrected chi connectivity index (χ0v) is 19.5. The van der Waals surface area contributed by atoms with Crippen LogP contribution in [0.15, 0.2) is 73.8 Å². The first-order valence-corrected chi connectivity index (χ1v) is 10.8. The van der Waals surface area contributed by atoms with Gasteiger partial charge in [0.1, 0.15) is 17.4 Å². The van der Waals surface area contributed by atoms with Crippen LogP contribution >= 0.6 is 27.5 Å². The molecule has 0 amide bonds. The number of hydrogen-bond donors (Lipinski definition) is 1. The van der Waals surface area contributed by atoms with Crippen molar-refractivity contribution in [3.05, 3.63) is 102 Å². The summed E-state index contributed by atoms with van der Waals surface area (Å²) in [6.07, 6.45) is 1.31. The molecule has 4 rings (SSSR count). The highest BCUT2D eigenvalue weighted by atomic mass is 79.9. The minimum Gasteiger partial charge on any atom is -0.493 e. The summed E-state index contributed by atoms with van der Waals surface area (Å²) in [5.74, 6) is 0.241. The van der Waals surface area contributed by atoms with Gasteiger partial charge in [0.15, 0.2) is 11.5 Å². The molecule has 168 valence electrons. The van der Waals surface area contributed by atoms with Crippen LogP contribution in [0.2, 0.25) is 5.02 Å². The molecule has 0 aliphatic carbocycles. The minimum absolute atomic E-state index is 0.137. The van der Waals surface area contributed by atoms with Crippen LogP contribution in [0, 0.1) is 5.82 Å². The molecule has 0 saturated carbocycles. The fourth-order valence-corrected chi connectivity index (χ4v) is 3.75. The van der Waals surface area contributed by atoms with Crippen LogP contribution in [0.3, 0.4) is 0 Å². The maximum Gasteiger partial charge on any atom is 0.349 e. The number of halogens is 3. The van der Waals surface area contributed by atoms with Gasteiger partial charge in [-0.2, -0.15) is 5.10 Å². The summed E-state index contributed by atoms with van der Waals surface area (Å²) in [4.78, 5) is 27.6. The van der Waals surface area contributed by atoms with E-state index in [9.17, 15) is 14.0 Å². The maximum atomic E-state index is 13.1. The third-order valence-electron chi connectivity index (χ3n) is 4.77. The van der Waals surface area contributed by atoms with Gasteiger partial charge in [-0.3, -0.25) is 4.79 Å². The molecule has 0 atom stereocenters. The van der Waals surface area contributed by atoms with Gasteiger partial charge in [0.2, 0.25) is 0 Å². The average Bonchev–Trinajstić information content (AvgIpc) is 2.81. The lowest BCUT2D eigenvalue weighted by Crippen LogP contribution is -2.32. The van der Waals surface area contributed by atoms with Crippen LogP contribution in [-0.2, 0) is 6.61 Å². The first-order chi connectivity index (χ1) is 15.9. The summed E-state index contributed by atoms with van der Waals surface area (Å²) in [6.45, 7) is 0.137. The topological polar surface area (TPSA) is 85.7 Å². The van der Waals surface area contributed by atoms with E-state index in [-0.39, 0.29) is 23.2 Å². The van der Waals surface area contributed by atoms with Crippen molar-refractivity contribution in [3.63, 3.8) is 0 Å². The van der Waals surface area contributed by atoms with E-state index in [1.54, 1.807) is 42.5 Å². The molecule has 4 aromatic rings. The van der Waals surface area contributed by atoms with Gasteiger partial charge >= 0.3 is 5.69 Å². The smallest absolute Gasteiger partial charge is 0.349 e. The molecule has 0 spiro atoms. The summed E-state index contributed by atoms with van der Waals surface area (Å²) < 4.78 is 25.5. The van der Waals surface area contributed by atoms with Crippen LogP contribution in [0.25, 0.3) is 10.9 Å². The molecular weight excluding hydrogens is 517 g/mol. The van der Waals surface area contributed by atoms with Crippen molar-refractivity contribution in [1.29, 1.82) is 0 Å². The fraction of sp³-hybridized carbons (Fsp3) is 0.0870. The number of nitrogens with zero attached hydrogens (tertiary/aromatic N) is 2. The monoisotopic (exact) mass is 531 g/mol. The second kappa shape index (κ2) is 9.60. The number of benzene rings is 3. The predicted octanol–water partition coefficient (Wildman–Crippen LogP) is 4.71. The lowest BCUT2D eigenvalue weighted by atomic mass is 10.2. The molecule has 0 fully saturated rings. The van der Waals surface area contributed by atoms with E-state index < -0.39 is 11.2 Å². The Bertz CT molecular complexity index is 1480. The van der Waals surface area contributed by atoms with Gasteiger partial charge in [-0.05, 0) is 51.8 Å². The number of ether oxygens (including phenoxy) is 2.